The fourth-order valence-electron chi connectivity index (χ4n) is 1.77. The topological polar surface area (TPSA) is 79.9 Å². The maximum atomic E-state index is 12.2. The Hall–Kier alpha value is -2.39. The van der Waals surface area contributed by atoms with E-state index in [4.69, 9.17) is 5.26 Å². The van der Waals surface area contributed by atoms with Gasteiger partial charge in [0.05, 0.1) is 22.3 Å². The van der Waals surface area contributed by atoms with Crippen LogP contribution in [-0.2, 0) is 16.4 Å². The molecule has 0 aliphatic rings. The van der Waals surface area contributed by atoms with Crippen molar-refractivity contribution in [3.05, 3.63) is 53.9 Å². The lowest BCUT2D eigenvalue weighted by Crippen LogP contribution is -2.12. The van der Waals surface area contributed by atoms with Crippen LogP contribution < -0.4 is 0 Å². The summed E-state index contributed by atoms with van der Waals surface area (Å²) in [6.45, 7) is 0.257. The van der Waals surface area contributed by atoms with Crippen molar-refractivity contribution in [2.75, 3.05) is 5.75 Å². The monoisotopic (exact) mass is 288 g/mol. The lowest BCUT2D eigenvalue weighted by Gasteiger charge is -2.05. The van der Waals surface area contributed by atoms with E-state index in [2.05, 4.69) is 0 Å². The van der Waals surface area contributed by atoms with Crippen molar-refractivity contribution >= 4 is 16.1 Å². The average molecular weight is 288 g/mol. The van der Waals surface area contributed by atoms with Crippen molar-refractivity contribution < 1.29 is 13.2 Å². The molecule has 6 heteroatoms. The van der Waals surface area contributed by atoms with Crippen LogP contribution in [0, 0.1) is 11.3 Å². The molecule has 0 radical (unpaired) electrons. The first-order chi connectivity index (χ1) is 9.55. The number of aromatic nitrogens is 1. The molecule has 0 aliphatic carbocycles. The third-order valence-corrected chi connectivity index (χ3v) is 4.54. The summed E-state index contributed by atoms with van der Waals surface area (Å²) in [6, 6.07) is 9.48. The molecular formula is C14H12N2O3S. The third-order valence-electron chi connectivity index (χ3n) is 2.85. The molecule has 2 rings (SSSR count). The summed E-state index contributed by atoms with van der Waals surface area (Å²) >= 11 is 0. The Morgan fingerprint density at radius 3 is 2.75 bits per heavy atom. The largest absolute Gasteiger partial charge is 0.352 e. The van der Waals surface area contributed by atoms with Crippen molar-refractivity contribution in [3.63, 3.8) is 0 Å². The van der Waals surface area contributed by atoms with E-state index in [1.807, 2.05) is 6.07 Å². The highest BCUT2D eigenvalue weighted by molar-refractivity contribution is 7.91. The Morgan fingerprint density at radius 1 is 1.30 bits per heavy atom. The van der Waals surface area contributed by atoms with Crippen LogP contribution in [0.2, 0.25) is 0 Å². The Labute approximate surface area is 117 Å². The molecule has 0 N–H and O–H groups in total. The molecule has 0 saturated heterocycles. The van der Waals surface area contributed by atoms with E-state index in [1.54, 1.807) is 35.2 Å². The van der Waals surface area contributed by atoms with Gasteiger partial charge in [0.25, 0.3) is 0 Å². The number of rotatable bonds is 5. The molecule has 1 aromatic carbocycles. The van der Waals surface area contributed by atoms with E-state index in [0.717, 1.165) is 0 Å². The molecule has 102 valence electrons. The first-order valence-electron chi connectivity index (χ1n) is 5.89. The van der Waals surface area contributed by atoms with Gasteiger partial charge in [0.15, 0.2) is 16.1 Å². The minimum absolute atomic E-state index is 0.0884. The molecule has 5 nitrogen and oxygen atoms in total. The number of aryl methyl sites for hydroxylation is 1. The van der Waals surface area contributed by atoms with Gasteiger partial charge in [-0.25, -0.2) is 8.42 Å². The van der Waals surface area contributed by atoms with Crippen molar-refractivity contribution in [1.82, 2.24) is 4.57 Å². The van der Waals surface area contributed by atoms with Gasteiger partial charge in [-0.15, -0.1) is 0 Å². The predicted molar refractivity (Wildman–Crippen MR) is 73.0 cm³/mol. The van der Waals surface area contributed by atoms with Crippen LogP contribution in [0.15, 0.2) is 47.6 Å². The summed E-state index contributed by atoms with van der Waals surface area (Å²) in [6.07, 6.45) is 3.96. The highest BCUT2D eigenvalue weighted by atomic mass is 32.2. The molecular weight excluding hydrogens is 276 g/mol. The van der Waals surface area contributed by atoms with E-state index in [0.29, 0.717) is 17.4 Å². The SMILES string of the molecule is N#Cc1cccc(S(=O)(=O)CCn2ccc(C=O)c2)c1. The molecule has 0 spiro atoms. The van der Waals surface area contributed by atoms with Gasteiger partial charge in [-0.05, 0) is 24.3 Å². The Kier molecular flexibility index (Phi) is 4.01. The quantitative estimate of drug-likeness (QED) is 0.783. The van der Waals surface area contributed by atoms with E-state index in [9.17, 15) is 13.2 Å². The number of nitriles is 1. The van der Waals surface area contributed by atoms with Crippen LogP contribution in [-0.4, -0.2) is 25.0 Å². The maximum absolute atomic E-state index is 12.2. The lowest BCUT2D eigenvalue weighted by atomic mass is 10.2. The summed E-state index contributed by atoms with van der Waals surface area (Å²) in [5, 5.41) is 8.78. The molecule has 20 heavy (non-hydrogen) atoms. The standard InChI is InChI=1S/C14H12N2O3S/c15-9-12-2-1-3-14(8-12)20(18,19)7-6-16-5-4-13(10-16)11-17/h1-5,8,10-11H,6-7H2. The number of carbonyl (C=O) groups is 1. The first kappa shape index (κ1) is 14.0. The highest BCUT2D eigenvalue weighted by Crippen LogP contribution is 2.13. The summed E-state index contributed by atoms with van der Waals surface area (Å²) in [7, 11) is -3.45. The molecule has 2 aromatic rings. The van der Waals surface area contributed by atoms with E-state index in [1.165, 1.54) is 12.1 Å². The summed E-state index contributed by atoms with van der Waals surface area (Å²) in [4.78, 5) is 10.7. The smallest absolute Gasteiger partial charge is 0.180 e. The minimum atomic E-state index is -3.45. The van der Waals surface area contributed by atoms with Crippen LogP contribution in [0.25, 0.3) is 0 Å². The zero-order chi connectivity index (χ0) is 14.6. The third kappa shape index (κ3) is 3.13. The van der Waals surface area contributed by atoms with Gasteiger partial charge in [-0.1, -0.05) is 6.07 Å². The number of sulfone groups is 1. The first-order valence-corrected chi connectivity index (χ1v) is 7.54. The van der Waals surface area contributed by atoms with E-state index >= 15 is 0 Å². The van der Waals surface area contributed by atoms with Crippen molar-refractivity contribution in [1.29, 1.82) is 5.26 Å². The fraction of sp³-hybridized carbons (Fsp3) is 0.143. The maximum Gasteiger partial charge on any atom is 0.180 e. The van der Waals surface area contributed by atoms with Crippen LogP contribution in [0.3, 0.4) is 0 Å². The van der Waals surface area contributed by atoms with Gasteiger partial charge in [0.2, 0.25) is 0 Å². The van der Waals surface area contributed by atoms with Crippen LogP contribution in [0.4, 0.5) is 0 Å². The summed E-state index contributed by atoms with van der Waals surface area (Å²) in [5.74, 6) is -0.0884. The predicted octanol–water partition coefficient (Wildman–Crippen LogP) is 1.65. The van der Waals surface area contributed by atoms with Gasteiger partial charge < -0.3 is 4.57 Å². The molecule has 1 aromatic heterocycles. The van der Waals surface area contributed by atoms with Crippen LogP contribution in [0.5, 0.6) is 0 Å². The van der Waals surface area contributed by atoms with Gasteiger partial charge >= 0.3 is 0 Å². The van der Waals surface area contributed by atoms with Crippen LogP contribution in [0.1, 0.15) is 15.9 Å². The van der Waals surface area contributed by atoms with E-state index in [-0.39, 0.29) is 17.2 Å². The van der Waals surface area contributed by atoms with Crippen molar-refractivity contribution in [2.24, 2.45) is 0 Å². The number of carbonyl (C=O) groups excluding carboxylic acids is 1. The molecule has 0 aliphatic heterocycles. The van der Waals surface area contributed by atoms with Crippen molar-refractivity contribution in [3.8, 4) is 6.07 Å². The normalized spacial score (nSPS) is 10.9. The number of hydrogen-bond donors (Lipinski definition) is 0. The molecule has 0 unspecified atom stereocenters. The van der Waals surface area contributed by atoms with Gasteiger partial charge in [-0.2, -0.15) is 5.26 Å². The number of nitrogens with zero attached hydrogens (tertiary/aromatic N) is 2. The zero-order valence-electron chi connectivity index (χ0n) is 10.6. The Balaban J connectivity index is 2.14. The Bertz CT molecular complexity index is 770. The second-order valence-electron chi connectivity index (χ2n) is 4.26. The van der Waals surface area contributed by atoms with Gasteiger partial charge in [-0.3, -0.25) is 4.79 Å². The highest BCUT2D eigenvalue weighted by Gasteiger charge is 2.14. The minimum Gasteiger partial charge on any atom is -0.352 e. The molecule has 0 fully saturated rings. The molecule has 0 bridgehead atoms. The van der Waals surface area contributed by atoms with Crippen molar-refractivity contribution in [2.45, 2.75) is 11.4 Å². The zero-order valence-corrected chi connectivity index (χ0v) is 11.4. The second-order valence-corrected chi connectivity index (χ2v) is 6.37. The molecule has 1 heterocycles. The summed E-state index contributed by atoms with van der Waals surface area (Å²) in [5.41, 5.74) is 0.823. The lowest BCUT2D eigenvalue weighted by molar-refractivity contribution is 0.112. The fourth-order valence-corrected chi connectivity index (χ4v) is 3.05. The van der Waals surface area contributed by atoms with Gasteiger partial charge in [0.1, 0.15) is 0 Å². The Morgan fingerprint density at radius 2 is 2.10 bits per heavy atom. The number of hydrogen-bond acceptors (Lipinski definition) is 4. The van der Waals surface area contributed by atoms with Gasteiger partial charge in [0, 0.05) is 24.5 Å². The van der Waals surface area contributed by atoms with Crippen LogP contribution >= 0.6 is 0 Å². The van der Waals surface area contributed by atoms with E-state index < -0.39 is 9.84 Å². The molecule has 0 atom stereocenters. The number of aldehydes is 1. The number of benzene rings is 1. The molecule has 0 amide bonds. The second kappa shape index (κ2) is 5.72. The molecule has 0 saturated carbocycles. The average Bonchev–Trinajstić information content (AvgIpc) is 2.93. The summed E-state index contributed by atoms with van der Waals surface area (Å²) < 4.78 is 26.0.